The molecule has 0 bridgehead atoms. The van der Waals surface area contributed by atoms with Crippen LogP contribution in [0.25, 0.3) is 5.57 Å². The number of piperidine rings is 1. The second-order valence-corrected chi connectivity index (χ2v) is 5.88. The average Bonchev–Trinajstić information content (AvgIpc) is 2.66. The third-order valence-corrected chi connectivity index (χ3v) is 4.52. The van der Waals surface area contributed by atoms with E-state index in [0.717, 1.165) is 37.1 Å². The molecule has 20 heavy (non-hydrogen) atoms. The van der Waals surface area contributed by atoms with Crippen molar-refractivity contribution in [3.63, 3.8) is 0 Å². The summed E-state index contributed by atoms with van der Waals surface area (Å²) in [6, 6.07) is 7.70. The normalized spacial score (nSPS) is 22.4. The summed E-state index contributed by atoms with van der Waals surface area (Å²) < 4.78 is 0. The number of carbonyl (C=O) groups is 1. The lowest BCUT2D eigenvalue weighted by Crippen LogP contribution is -2.52. The van der Waals surface area contributed by atoms with Gasteiger partial charge < -0.3 is 15.3 Å². The van der Waals surface area contributed by atoms with Crippen LogP contribution < -0.4 is 5.32 Å². The van der Waals surface area contributed by atoms with Crippen LogP contribution >= 0.6 is 0 Å². The fourth-order valence-electron chi connectivity index (χ4n) is 3.15. The Hall–Kier alpha value is -1.81. The minimum absolute atomic E-state index is 0.152. The van der Waals surface area contributed by atoms with Gasteiger partial charge in [-0.3, -0.25) is 4.79 Å². The standard InChI is InChI=1S/C16H20N2O2/c1-11-5-3-4-6-12(11)13-14(19)16(17-15(13)20)7-9-18(2)10-8-16/h3-6,19H,7-10H2,1-2H3,(H,17,20). The highest BCUT2D eigenvalue weighted by Gasteiger charge is 2.47. The molecule has 2 heterocycles. The van der Waals surface area contributed by atoms with Crippen molar-refractivity contribution >= 4 is 11.5 Å². The molecule has 3 rings (SSSR count). The number of benzene rings is 1. The molecule has 0 aromatic heterocycles. The highest BCUT2D eigenvalue weighted by Crippen LogP contribution is 2.38. The summed E-state index contributed by atoms with van der Waals surface area (Å²) in [6.45, 7) is 3.72. The molecule has 4 nitrogen and oxygen atoms in total. The average molecular weight is 272 g/mol. The third kappa shape index (κ3) is 1.91. The second-order valence-electron chi connectivity index (χ2n) is 5.88. The molecule has 0 saturated carbocycles. The van der Waals surface area contributed by atoms with Crippen molar-refractivity contribution in [3.8, 4) is 0 Å². The summed E-state index contributed by atoms with van der Waals surface area (Å²) in [5, 5.41) is 13.7. The fourth-order valence-corrected chi connectivity index (χ4v) is 3.15. The van der Waals surface area contributed by atoms with Gasteiger partial charge in [0.25, 0.3) is 5.91 Å². The third-order valence-electron chi connectivity index (χ3n) is 4.52. The van der Waals surface area contributed by atoms with Crippen LogP contribution in [0.3, 0.4) is 0 Å². The summed E-state index contributed by atoms with van der Waals surface area (Å²) in [6.07, 6.45) is 1.52. The number of hydrogen-bond acceptors (Lipinski definition) is 3. The van der Waals surface area contributed by atoms with E-state index in [4.69, 9.17) is 0 Å². The van der Waals surface area contributed by atoms with Gasteiger partial charge >= 0.3 is 0 Å². The molecule has 1 spiro atoms. The number of rotatable bonds is 1. The van der Waals surface area contributed by atoms with Crippen molar-refractivity contribution in [3.05, 3.63) is 41.2 Å². The summed E-state index contributed by atoms with van der Waals surface area (Å²) >= 11 is 0. The van der Waals surface area contributed by atoms with Crippen LogP contribution in [-0.4, -0.2) is 41.6 Å². The first kappa shape index (κ1) is 13.2. The summed E-state index contributed by atoms with van der Waals surface area (Å²) in [5.74, 6) is 0.0752. The molecule has 1 fully saturated rings. The quantitative estimate of drug-likeness (QED) is 0.820. The maximum atomic E-state index is 12.3. The number of aliphatic hydroxyl groups is 1. The minimum Gasteiger partial charge on any atom is -0.509 e. The number of likely N-dealkylation sites (tertiary alicyclic amines) is 1. The van der Waals surface area contributed by atoms with Crippen LogP contribution in [0.1, 0.15) is 24.0 Å². The summed E-state index contributed by atoms with van der Waals surface area (Å²) in [4.78, 5) is 14.6. The van der Waals surface area contributed by atoms with E-state index >= 15 is 0 Å². The first-order chi connectivity index (χ1) is 9.53. The van der Waals surface area contributed by atoms with E-state index in [0.29, 0.717) is 5.57 Å². The van der Waals surface area contributed by atoms with Gasteiger partial charge in [-0.05, 0) is 37.9 Å². The van der Waals surface area contributed by atoms with E-state index in [9.17, 15) is 9.90 Å². The largest absolute Gasteiger partial charge is 0.509 e. The molecule has 0 aliphatic carbocycles. The number of carbonyl (C=O) groups excluding carboxylic acids is 1. The van der Waals surface area contributed by atoms with E-state index in [1.807, 2.05) is 31.2 Å². The monoisotopic (exact) mass is 272 g/mol. The smallest absolute Gasteiger partial charge is 0.256 e. The van der Waals surface area contributed by atoms with Crippen molar-refractivity contribution in [2.24, 2.45) is 0 Å². The molecule has 1 aromatic carbocycles. The first-order valence-electron chi connectivity index (χ1n) is 7.04. The van der Waals surface area contributed by atoms with E-state index in [1.54, 1.807) is 0 Å². The van der Waals surface area contributed by atoms with E-state index in [1.165, 1.54) is 0 Å². The predicted molar refractivity (Wildman–Crippen MR) is 78.3 cm³/mol. The van der Waals surface area contributed by atoms with Crippen LogP contribution in [0.15, 0.2) is 30.0 Å². The van der Waals surface area contributed by atoms with Gasteiger partial charge in [-0.25, -0.2) is 0 Å². The van der Waals surface area contributed by atoms with Gasteiger partial charge in [0, 0.05) is 13.1 Å². The topological polar surface area (TPSA) is 52.6 Å². The molecule has 0 unspecified atom stereocenters. The molecular formula is C16H20N2O2. The first-order valence-corrected chi connectivity index (χ1v) is 7.04. The molecule has 106 valence electrons. The molecule has 0 radical (unpaired) electrons. The van der Waals surface area contributed by atoms with Crippen molar-refractivity contribution in [1.82, 2.24) is 10.2 Å². The molecule has 2 N–H and O–H groups in total. The Morgan fingerprint density at radius 2 is 1.90 bits per heavy atom. The molecule has 2 aliphatic rings. The van der Waals surface area contributed by atoms with Gasteiger partial charge in [0.2, 0.25) is 0 Å². The zero-order valence-electron chi connectivity index (χ0n) is 11.9. The van der Waals surface area contributed by atoms with Crippen LogP contribution in [-0.2, 0) is 4.79 Å². The number of hydrogen-bond donors (Lipinski definition) is 2. The molecule has 0 atom stereocenters. The van der Waals surface area contributed by atoms with Crippen molar-refractivity contribution in [2.75, 3.05) is 20.1 Å². The van der Waals surface area contributed by atoms with Crippen LogP contribution in [0.4, 0.5) is 0 Å². The SMILES string of the molecule is Cc1ccccc1C1=C(O)C2(CCN(C)CC2)NC1=O. The molecule has 1 aromatic rings. The van der Waals surface area contributed by atoms with Gasteiger partial charge in [-0.2, -0.15) is 0 Å². The number of aliphatic hydroxyl groups excluding tert-OH is 1. The number of aryl methyl sites for hydroxylation is 1. The molecule has 1 saturated heterocycles. The zero-order chi connectivity index (χ0) is 14.3. The van der Waals surface area contributed by atoms with Crippen LogP contribution in [0, 0.1) is 6.92 Å². The highest BCUT2D eigenvalue weighted by molar-refractivity contribution is 6.23. The molecule has 2 aliphatic heterocycles. The Labute approximate surface area is 119 Å². The maximum Gasteiger partial charge on any atom is 0.256 e. The van der Waals surface area contributed by atoms with E-state index in [-0.39, 0.29) is 11.7 Å². The van der Waals surface area contributed by atoms with E-state index < -0.39 is 5.54 Å². The Morgan fingerprint density at radius 3 is 2.55 bits per heavy atom. The van der Waals surface area contributed by atoms with Gasteiger partial charge in [0.05, 0.1) is 5.57 Å². The fraction of sp³-hybridized carbons (Fsp3) is 0.438. The Morgan fingerprint density at radius 1 is 1.25 bits per heavy atom. The van der Waals surface area contributed by atoms with Gasteiger partial charge in [-0.1, -0.05) is 24.3 Å². The highest BCUT2D eigenvalue weighted by atomic mass is 16.3. The summed E-state index contributed by atoms with van der Waals surface area (Å²) in [5.41, 5.74) is 1.74. The Kier molecular flexibility index (Phi) is 3.05. The van der Waals surface area contributed by atoms with Crippen LogP contribution in [0.5, 0.6) is 0 Å². The molecular weight excluding hydrogens is 252 g/mol. The Bertz CT molecular complexity index is 584. The lowest BCUT2D eigenvalue weighted by Gasteiger charge is -2.37. The van der Waals surface area contributed by atoms with Crippen molar-refractivity contribution in [1.29, 1.82) is 0 Å². The lowest BCUT2D eigenvalue weighted by molar-refractivity contribution is -0.116. The lowest BCUT2D eigenvalue weighted by atomic mass is 9.85. The Balaban J connectivity index is 2.04. The van der Waals surface area contributed by atoms with Crippen molar-refractivity contribution < 1.29 is 9.90 Å². The number of amides is 1. The minimum atomic E-state index is -0.554. The van der Waals surface area contributed by atoms with Gasteiger partial charge in [-0.15, -0.1) is 0 Å². The number of nitrogens with one attached hydrogen (secondary N) is 1. The van der Waals surface area contributed by atoms with E-state index in [2.05, 4.69) is 17.3 Å². The summed E-state index contributed by atoms with van der Waals surface area (Å²) in [7, 11) is 2.06. The zero-order valence-corrected chi connectivity index (χ0v) is 11.9. The molecule has 4 heteroatoms. The van der Waals surface area contributed by atoms with Crippen molar-refractivity contribution in [2.45, 2.75) is 25.3 Å². The number of nitrogens with zero attached hydrogens (tertiary/aromatic N) is 1. The maximum absolute atomic E-state index is 12.3. The van der Waals surface area contributed by atoms with Crippen LogP contribution in [0.2, 0.25) is 0 Å². The van der Waals surface area contributed by atoms with Gasteiger partial charge in [0.15, 0.2) is 0 Å². The molecule has 1 amide bonds. The second kappa shape index (κ2) is 4.63. The van der Waals surface area contributed by atoms with Gasteiger partial charge in [0.1, 0.15) is 11.3 Å². The predicted octanol–water partition coefficient (Wildman–Crippen LogP) is 1.86.